The first-order valence-corrected chi connectivity index (χ1v) is 13.5. The van der Waals surface area contributed by atoms with Gasteiger partial charge in [0, 0.05) is 36.5 Å². The van der Waals surface area contributed by atoms with Crippen molar-refractivity contribution < 1.29 is 33.3 Å². The van der Waals surface area contributed by atoms with Crippen molar-refractivity contribution in [1.82, 2.24) is 0 Å². The van der Waals surface area contributed by atoms with E-state index in [9.17, 15) is 4.79 Å². The van der Waals surface area contributed by atoms with Gasteiger partial charge in [0.25, 0.3) is 11.5 Å². The molecule has 5 rings (SSSR count). The van der Waals surface area contributed by atoms with Crippen molar-refractivity contribution in [2.45, 2.75) is 39.5 Å². The van der Waals surface area contributed by atoms with Gasteiger partial charge >= 0.3 is 0 Å². The van der Waals surface area contributed by atoms with Gasteiger partial charge in [-0.15, -0.1) is 0 Å². The summed E-state index contributed by atoms with van der Waals surface area (Å²) in [7, 11) is 0. The lowest BCUT2D eigenvalue weighted by Crippen LogP contribution is -3.00. The number of allylic oxidation sites excluding steroid dienone is 1. The Morgan fingerprint density at radius 2 is 1.24 bits per heavy atom. The smallest absolute Gasteiger partial charge is 0.264 e. The van der Waals surface area contributed by atoms with Gasteiger partial charge in [0.05, 0.1) is 0 Å². The Labute approximate surface area is 243 Å². The van der Waals surface area contributed by atoms with Gasteiger partial charge in [-0.3, -0.25) is 4.79 Å². The zero-order valence-electron chi connectivity index (χ0n) is 22.2. The lowest BCUT2D eigenvalue weighted by atomic mass is 9.97. The Hall–Kier alpha value is -3.25. The lowest BCUT2D eigenvalue weighted by Gasteiger charge is -2.25. The highest BCUT2D eigenvalue weighted by Gasteiger charge is 2.40. The molecule has 194 valence electrons. The van der Waals surface area contributed by atoms with Crippen LogP contribution in [0.4, 0.5) is 5.69 Å². The largest absolute Gasteiger partial charge is 1.00 e. The Bertz CT molecular complexity index is 1390. The van der Waals surface area contributed by atoms with Gasteiger partial charge in [-0.1, -0.05) is 87.4 Å². The molecule has 0 spiro atoms. The van der Waals surface area contributed by atoms with E-state index in [1.54, 1.807) is 0 Å². The van der Waals surface area contributed by atoms with Gasteiger partial charge in [0.2, 0.25) is 5.70 Å². The zero-order valence-corrected chi connectivity index (χ0v) is 24.4. The fraction of sp³-hybridized carbons (Fsp3) is 0.235. The molecule has 2 heterocycles. The summed E-state index contributed by atoms with van der Waals surface area (Å²) in [6.07, 6.45) is 6.85. The van der Waals surface area contributed by atoms with Crippen LogP contribution in [0.25, 0.3) is 22.4 Å². The van der Waals surface area contributed by atoms with Crippen molar-refractivity contribution in [3.8, 4) is 11.1 Å². The van der Waals surface area contributed by atoms with Gasteiger partial charge in [0.1, 0.15) is 5.57 Å². The minimum Gasteiger partial charge on any atom is -1.00 e. The first-order chi connectivity index (χ1) is 18.2. The molecule has 0 fully saturated rings. The summed E-state index contributed by atoms with van der Waals surface area (Å²) in [5, 5.41) is 0. The maximum atomic E-state index is 13.8. The predicted octanol–water partition coefficient (Wildman–Crippen LogP) is 4.66. The van der Waals surface area contributed by atoms with E-state index in [-0.39, 0.29) is 29.8 Å². The van der Waals surface area contributed by atoms with E-state index in [0.717, 1.165) is 46.6 Å². The van der Waals surface area contributed by atoms with Crippen LogP contribution in [0, 0.1) is 0 Å². The number of ketones is 1. The van der Waals surface area contributed by atoms with Crippen LogP contribution in [-0.2, 0) is 0 Å². The average molecular weight is 615 g/mol. The molecule has 0 N–H and O–H groups in total. The molecular formula is C34H35IN2O. The van der Waals surface area contributed by atoms with E-state index < -0.39 is 0 Å². The summed E-state index contributed by atoms with van der Waals surface area (Å²) in [6.45, 7) is 6.68. The molecule has 4 aromatic rings. The Morgan fingerprint density at radius 3 is 1.82 bits per heavy atom. The zero-order chi connectivity index (χ0) is 25.6. The second kappa shape index (κ2) is 13.0. The number of hydrogen-bond donors (Lipinski definition) is 0. The summed E-state index contributed by atoms with van der Waals surface area (Å²) in [4.78, 5) is 16.3. The number of carbonyl (C=O) groups is 1. The molecule has 1 aromatic heterocycles. The standard InChI is InChI=1S/C34H35N2O.HI/c1-3-5-22-35(23-6-4-2)30-19-17-26(18-20-30)29-21-24-36-31(25-29)34(37)32(27-13-9-7-10-14-27)33(36)28-15-11-8-12-16-28;/h7-21,24-25H,3-6,22-23H2,1-2H3;1H/q+1;/p-1. The molecule has 0 unspecified atom stereocenters. The van der Waals surface area contributed by atoms with Crippen LogP contribution in [0.3, 0.4) is 0 Å². The number of aromatic nitrogens is 1. The minimum absolute atomic E-state index is 0. The van der Waals surface area contributed by atoms with Crippen LogP contribution >= 0.6 is 0 Å². The van der Waals surface area contributed by atoms with Crippen molar-refractivity contribution in [3.63, 3.8) is 0 Å². The van der Waals surface area contributed by atoms with Crippen LogP contribution < -0.4 is 33.4 Å². The highest BCUT2D eigenvalue weighted by Crippen LogP contribution is 2.34. The van der Waals surface area contributed by atoms with Crippen molar-refractivity contribution in [2.75, 3.05) is 18.0 Å². The van der Waals surface area contributed by atoms with Crippen LogP contribution in [-0.4, -0.2) is 18.9 Å². The molecule has 1 aliphatic heterocycles. The molecule has 0 amide bonds. The Morgan fingerprint density at radius 1 is 0.658 bits per heavy atom. The topological polar surface area (TPSA) is 24.2 Å². The van der Waals surface area contributed by atoms with Crippen LogP contribution in [0.1, 0.15) is 61.1 Å². The SMILES string of the molecule is CCCCN(CCCC)c1ccc(-c2cc[n+]3c(c2)C(=O)C(c2ccccc2)=C3c2ccccc2)cc1.[I-]. The van der Waals surface area contributed by atoms with Crippen molar-refractivity contribution in [3.05, 3.63) is 120 Å². The molecule has 0 radical (unpaired) electrons. The number of pyridine rings is 1. The summed E-state index contributed by atoms with van der Waals surface area (Å²) in [6, 6.07) is 33.2. The van der Waals surface area contributed by atoms with Gasteiger partial charge in [-0.05, 0) is 53.8 Å². The third-order valence-electron chi connectivity index (χ3n) is 7.13. The van der Waals surface area contributed by atoms with Crippen molar-refractivity contribution in [2.24, 2.45) is 0 Å². The summed E-state index contributed by atoms with van der Waals surface area (Å²) in [5.74, 6) is 0.0637. The second-order valence-corrected chi connectivity index (χ2v) is 9.70. The fourth-order valence-electron chi connectivity index (χ4n) is 5.09. The Balaban J connectivity index is 0.00000336. The molecule has 0 bridgehead atoms. The third kappa shape index (κ3) is 5.75. The highest BCUT2D eigenvalue weighted by atomic mass is 127. The number of anilines is 1. The molecule has 0 aliphatic carbocycles. The molecule has 38 heavy (non-hydrogen) atoms. The maximum Gasteiger partial charge on any atom is 0.264 e. The quantitative estimate of drug-likeness (QED) is 0.192. The number of Topliss-reactive ketones (excluding diaryl/α,β-unsaturated/α-hetero) is 1. The minimum atomic E-state index is 0. The number of halogens is 1. The first-order valence-electron chi connectivity index (χ1n) is 13.5. The molecule has 0 saturated heterocycles. The molecule has 0 atom stereocenters. The fourth-order valence-corrected chi connectivity index (χ4v) is 5.09. The van der Waals surface area contributed by atoms with Gasteiger partial charge < -0.3 is 28.9 Å². The summed E-state index contributed by atoms with van der Waals surface area (Å²) < 4.78 is 2.05. The third-order valence-corrected chi connectivity index (χ3v) is 7.13. The van der Waals surface area contributed by atoms with E-state index in [0.29, 0.717) is 5.69 Å². The van der Waals surface area contributed by atoms with Crippen LogP contribution in [0.15, 0.2) is 103 Å². The van der Waals surface area contributed by atoms with E-state index in [1.807, 2.05) is 60.8 Å². The molecule has 1 aliphatic rings. The lowest BCUT2D eigenvalue weighted by molar-refractivity contribution is -0.577. The monoisotopic (exact) mass is 614 g/mol. The first kappa shape index (κ1) is 27.8. The van der Waals surface area contributed by atoms with Gasteiger partial charge in [-0.25, -0.2) is 0 Å². The number of fused-ring (bicyclic) bond motifs is 1. The molecule has 4 heteroatoms. The van der Waals surface area contributed by atoms with E-state index in [4.69, 9.17) is 0 Å². The van der Waals surface area contributed by atoms with E-state index in [2.05, 4.69) is 65.8 Å². The maximum absolute atomic E-state index is 13.8. The molecular weight excluding hydrogens is 579 g/mol. The summed E-state index contributed by atoms with van der Waals surface area (Å²) in [5.41, 5.74) is 7.83. The van der Waals surface area contributed by atoms with Crippen LogP contribution in [0.2, 0.25) is 0 Å². The number of rotatable bonds is 10. The second-order valence-electron chi connectivity index (χ2n) is 9.70. The number of unbranched alkanes of at least 4 members (excludes halogenated alkanes) is 2. The van der Waals surface area contributed by atoms with E-state index in [1.165, 1.54) is 31.4 Å². The van der Waals surface area contributed by atoms with Crippen molar-refractivity contribution >= 4 is 22.7 Å². The number of carbonyl (C=O) groups excluding carboxylic acids is 1. The Kier molecular flexibility index (Phi) is 9.51. The van der Waals surface area contributed by atoms with E-state index >= 15 is 0 Å². The number of benzene rings is 3. The average Bonchev–Trinajstić information content (AvgIpc) is 3.26. The summed E-state index contributed by atoms with van der Waals surface area (Å²) >= 11 is 0. The van der Waals surface area contributed by atoms with Gasteiger partial charge in [-0.2, -0.15) is 4.57 Å². The number of nitrogens with zero attached hydrogens (tertiary/aromatic N) is 2. The molecule has 3 nitrogen and oxygen atoms in total. The van der Waals surface area contributed by atoms with Gasteiger partial charge in [0.15, 0.2) is 6.20 Å². The van der Waals surface area contributed by atoms with Crippen LogP contribution in [0.5, 0.6) is 0 Å². The predicted molar refractivity (Wildman–Crippen MR) is 154 cm³/mol. The molecule has 3 aromatic carbocycles. The number of hydrogen-bond acceptors (Lipinski definition) is 2. The van der Waals surface area contributed by atoms with Crippen molar-refractivity contribution in [1.29, 1.82) is 0 Å². The normalized spacial score (nSPS) is 12.3. The highest BCUT2D eigenvalue weighted by molar-refractivity contribution is 6.34. The molecule has 0 saturated carbocycles.